The van der Waals surface area contributed by atoms with Gasteiger partial charge >= 0.3 is 0 Å². The maximum absolute atomic E-state index is 5.97. The molecule has 0 unspecified atom stereocenters. The first-order valence-electron chi connectivity index (χ1n) is 5.33. The van der Waals surface area contributed by atoms with Gasteiger partial charge in [-0.15, -0.1) is 0 Å². The summed E-state index contributed by atoms with van der Waals surface area (Å²) >= 11 is 11.1. The Bertz CT molecular complexity index is 331. The highest BCUT2D eigenvalue weighted by molar-refractivity contribution is 7.80. The molecule has 0 radical (unpaired) electrons. The Labute approximate surface area is 106 Å². The van der Waals surface area contributed by atoms with Crippen molar-refractivity contribution in [1.82, 2.24) is 20.4 Å². The third-order valence-corrected chi connectivity index (χ3v) is 2.85. The molecule has 0 spiro atoms. The van der Waals surface area contributed by atoms with E-state index >= 15 is 0 Å². The highest BCUT2D eigenvalue weighted by Crippen LogP contribution is 2.13. The van der Waals surface area contributed by atoms with E-state index in [1.54, 1.807) is 10.9 Å². The monoisotopic (exact) mass is 260 g/mol. The van der Waals surface area contributed by atoms with Crippen molar-refractivity contribution in [3.63, 3.8) is 0 Å². The van der Waals surface area contributed by atoms with Gasteiger partial charge in [0, 0.05) is 13.6 Å². The molecule has 0 aromatic carbocycles. The molecular formula is C10H17ClN4S. The molecule has 0 saturated heterocycles. The van der Waals surface area contributed by atoms with Gasteiger partial charge in [0.25, 0.3) is 0 Å². The summed E-state index contributed by atoms with van der Waals surface area (Å²) in [5, 5.41) is 11.6. The average molecular weight is 261 g/mol. The summed E-state index contributed by atoms with van der Waals surface area (Å²) in [5.74, 6) is 0. The summed E-state index contributed by atoms with van der Waals surface area (Å²) in [6, 6.07) is 0. The number of hydrogen-bond donors (Lipinski definition) is 2. The van der Waals surface area contributed by atoms with Crippen LogP contribution in [0.15, 0.2) is 6.20 Å². The Morgan fingerprint density at radius 3 is 2.88 bits per heavy atom. The van der Waals surface area contributed by atoms with Crippen molar-refractivity contribution in [3.05, 3.63) is 16.9 Å². The van der Waals surface area contributed by atoms with Crippen LogP contribution in [-0.4, -0.2) is 21.4 Å². The molecule has 0 aliphatic heterocycles. The average Bonchev–Trinajstić information content (AvgIpc) is 2.57. The Morgan fingerprint density at radius 1 is 1.56 bits per heavy atom. The quantitative estimate of drug-likeness (QED) is 0.626. The first kappa shape index (κ1) is 13.3. The third-order valence-electron chi connectivity index (χ3n) is 2.24. The van der Waals surface area contributed by atoms with E-state index in [0.29, 0.717) is 16.7 Å². The predicted molar refractivity (Wildman–Crippen MR) is 70.6 cm³/mol. The summed E-state index contributed by atoms with van der Waals surface area (Å²) in [6.07, 6.45) is 3.91. The SMILES string of the molecule is CCCCNC(=S)NCc1c(Cl)cnn1C. The van der Waals surface area contributed by atoms with Gasteiger partial charge in [0.15, 0.2) is 5.11 Å². The van der Waals surface area contributed by atoms with Crippen LogP contribution in [0.3, 0.4) is 0 Å². The number of rotatable bonds is 5. The minimum absolute atomic E-state index is 0.591. The zero-order chi connectivity index (χ0) is 12.0. The first-order valence-corrected chi connectivity index (χ1v) is 6.11. The lowest BCUT2D eigenvalue weighted by Gasteiger charge is -2.10. The summed E-state index contributed by atoms with van der Waals surface area (Å²) in [4.78, 5) is 0. The van der Waals surface area contributed by atoms with Crippen LogP contribution in [0.4, 0.5) is 0 Å². The molecule has 0 bridgehead atoms. The summed E-state index contributed by atoms with van der Waals surface area (Å²) in [5.41, 5.74) is 0.932. The van der Waals surface area contributed by atoms with Crippen molar-refractivity contribution >= 4 is 28.9 Å². The largest absolute Gasteiger partial charge is 0.363 e. The van der Waals surface area contributed by atoms with Crippen molar-refractivity contribution in [2.24, 2.45) is 7.05 Å². The van der Waals surface area contributed by atoms with Crippen LogP contribution in [0, 0.1) is 0 Å². The number of hydrogen-bond acceptors (Lipinski definition) is 2. The van der Waals surface area contributed by atoms with Gasteiger partial charge in [0.05, 0.1) is 23.5 Å². The topological polar surface area (TPSA) is 41.9 Å². The van der Waals surface area contributed by atoms with Gasteiger partial charge in [-0.25, -0.2) is 0 Å². The molecule has 1 aromatic rings. The second-order valence-corrected chi connectivity index (χ2v) is 4.34. The molecule has 6 heteroatoms. The van der Waals surface area contributed by atoms with Crippen molar-refractivity contribution in [2.45, 2.75) is 26.3 Å². The van der Waals surface area contributed by atoms with E-state index in [2.05, 4.69) is 22.7 Å². The number of unbranched alkanes of at least 4 members (excludes halogenated alkanes) is 1. The molecule has 0 atom stereocenters. The summed E-state index contributed by atoms with van der Waals surface area (Å²) < 4.78 is 1.74. The molecule has 90 valence electrons. The van der Waals surface area contributed by atoms with Gasteiger partial charge in [-0.3, -0.25) is 4.68 Å². The Balaban J connectivity index is 2.32. The van der Waals surface area contributed by atoms with E-state index in [1.165, 1.54) is 0 Å². The Kier molecular flexibility index (Phi) is 5.55. The second kappa shape index (κ2) is 6.70. The van der Waals surface area contributed by atoms with Crippen LogP contribution in [0.5, 0.6) is 0 Å². The van der Waals surface area contributed by atoms with Crippen LogP contribution in [0.25, 0.3) is 0 Å². The summed E-state index contributed by atoms with van der Waals surface area (Å²) in [7, 11) is 1.86. The molecule has 16 heavy (non-hydrogen) atoms. The number of nitrogens with zero attached hydrogens (tertiary/aromatic N) is 2. The standard InChI is InChI=1S/C10H17ClN4S/c1-3-4-5-12-10(16)13-7-9-8(11)6-14-15(9)2/h6H,3-5,7H2,1-2H3,(H2,12,13,16). The predicted octanol–water partition coefficient (Wildman–Crippen LogP) is 1.84. The van der Waals surface area contributed by atoms with Gasteiger partial charge < -0.3 is 10.6 Å². The van der Waals surface area contributed by atoms with E-state index in [1.807, 2.05) is 7.05 Å². The van der Waals surface area contributed by atoms with Crippen LogP contribution in [0.1, 0.15) is 25.5 Å². The molecule has 0 aliphatic rings. The maximum Gasteiger partial charge on any atom is 0.166 e. The molecular weight excluding hydrogens is 244 g/mol. The van der Waals surface area contributed by atoms with E-state index in [9.17, 15) is 0 Å². The van der Waals surface area contributed by atoms with Gasteiger partial charge in [0.2, 0.25) is 0 Å². The van der Waals surface area contributed by atoms with E-state index in [4.69, 9.17) is 23.8 Å². The molecule has 0 fully saturated rings. The number of aromatic nitrogens is 2. The number of nitrogens with one attached hydrogen (secondary N) is 2. The second-order valence-electron chi connectivity index (χ2n) is 3.53. The first-order chi connectivity index (χ1) is 7.65. The van der Waals surface area contributed by atoms with Crippen LogP contribution in [0.2, 0.25) is 5.02 Å². The van der Waals surface area contributed by atoms with Gasteiger partial charge in [0.1, 0.15) is 0 Å². The summed E-state index contributed by atoms with van der Waals surface area (Å²) in [6.45, 7) is 3.64. The van der Waals surface area contributed by atoms with E-state index in [-0.39, 0.29) is 0 Å². The minimum Gasteiger partial charge on any atom is -0.363 e. The van der Waals surface area contributed by atoms with Crippen molar-refractivity contribution in [2.75, 3.05) is 6.54 Å². The Hall–Kier alpha value is -0.810. The van der Waals surface area contributed by atoms with Gasteiger partial charge in [-0.1, -0.05) is 24.9 Å². The number of aryl methyl sites for hydroxylation is 1. The molecule has 1 aromatic heterocycles. The molecule has 0 aliphatic carbocycles. The third kappa shape index (κ3) is 3.98. The Morgan fingerprint density at radius 2 is 2.31 bits per heavy atom. The number of halogens is 1. The lowest BCUT2D eigenvalue weighted by atomic mass is 10.3. The molecule has 1 heterocycles. The van der Waals surface area contributed by atoms with Crippen LogP contribution in [-0.2, 0) is 13.6 Å². The maximum atomic E-state index is 5.97. The molecule has 0 saturated carbocycles. The van der Waals surface area contributed by atoms with Crippen molar-refractivity contribution < 1.29 is 0 Å². The molecule has 2 N–H and O–H groups in total. The number of thiocarbonyl (C=S) groups is 1. The van der Waals surface area contributed by atoms with Gasteiger partial charge in [-0.05, 0) is 18.6 Å². The lowest BCUT2D eigenvalue weighted by molar-refractivity contribution is 0.683. The van der Waals surface area contributed by atoms with E-state index in [0.717, 1.165) is 25.1 Å². The van der Waals surface area contributed by atoms with E-state index < -0.39 is 0 Å². The van der Waals surface area contributed by atoms with Crippen molar-refractivity contribution in [3.8, 4) is 0 Å². The molecule has 1 rings (SSSR count). The zero-order valence-electron chi connectivity index (χ0n) is 9.59. The highest BCUT2D eigenvalue weighted by atomic mass is 35.5. The fourth-order valence-corrected chi connectivity index (χ4v) is 1.65. The molecule has 0 amide bonds. The van der Waals surface area contributed by atoms with Crippen LogP contribution >= 0.6 is 23.8 Å². The highest BCUT2D eigenvalue weighted by Gasteiger charge is 2.06. The fraction of sp³-hybridized carbons (Fsp3) is 0.600. The minimum atomic E-state index is 0.591. The molecule has 4 nitrogen and oxygen atoms in total. The zero-order valence-corrected chi connectivity index (χ0v) is 11.2. The van der Waals surface area contributed by atoms with Gasteiger partial charge in [-0.2, -0.15) is 5.10 Å². The lowest BCUT2D eigenvalue weighted by Crippen LogP contribution is -2.35. The van der Waals surface area contributed by atoms with Crippen LogP contribution < -0.4 is 10.6 Å². The fourth-order valence-electron chi connectivity index (χ4n) is 1.24. The van der Waals surface area contributed by atoms with Crippen molar-refractivity contribution in [1.29, 1.82) is 0 Å². The smallest absolute Gasteiger partial charge is 0.166 e. The normalized spacial score (nSPS) is 10.2.